The second kappa shape index (κ2) is 8.21. The first-order chi connectivity index (χ1) is 13.9. The van der Waals surface area contributed by atoms with Crippen LogP contribution < -0.4 is 4.90 Å². The van der Waals surface area contributed by atoms with Gasteiger partial charge in [0, 0.05) is 42.9 Å². The molecule has 2 aromatic rings. The van der Waals surface area contributed by atoms with Crippen LogP contribution in [0.1, 0.15) is 69.6 Å². The number of anilines is 1. The highest BCUT2D eigenvalue weighted by atomic mass is 32.1. The van der Waals surface area contributed by atoms with Crippen molar-refractivity contribution in [2.45, 2.75) is 66.2 Å². The van der Waals surface area contributed by atoms with Crippen LogP contribution in [0.4, 0.5) is 5.82 Å². The van der Waals surface area contributed by atoms with Gasteiger partial charge in [-0.3, -0.25) is 4.79 Å². The predicted octanol–water partition coefficient (Wildman–Crippen LogP) is 4.63. The minimum absolute atomic E-state index is 0.0650. The molecule has 2 unspecified atom stereocenters. The maximum atomic E-state index is 12.4. The SMILES string of the molecule is CCC(C)c1nc(N2CCN(C(=O)C(C)C)CC2)c2c3c(sc2n1)CC(C)CC3. The van der Waals surface area contributed by atoms with Crippen LogP contribution in [-0.2, 0) is 17.6 Å². The number of carbonyl (C=O) groups is 1. The second-order valence-electron chi connectivity index (χ2n) is 9.21. The molecule has 1 aliphatic carbocycles. The van der Waals surface area contributed by atoms with Crippen LogP contribution in [0.15, 0.2) is 0 Å². The van der Waals surface area contributed by atoms with E-state index in [2.05, 4.69) is 25.7 Å². The van der Waals surface area contributed by atoms with Crippen molar-refractivity contribution in [3.05, 3.63) is 16.3 Å². The number of rotatable bonds is 4. The van der Waals surface area contributed by atoms with Crippen LogP contribution in [0.2, 0.25) is 0 Å². The Labute approximate surface area is 178 Å². The number of aromatic nitrogens is 2. The van der Waals surface area contributed by atoms with E-state index < -0.39 is 0 Å². The highest BCUT2D eigenvalue weighted by Gasteiger charge is 2.29. The van der Waals surface area contributed by atoms with Crippen LogP contribution in [0.5, 0.6) is 0 Å². The third-order valence-corrected chi connectivity index (χ3v) is 7.74. The van der Waals surface area contributed by atoms with Gasteiger partial charge in [-0.15, -0.1) is 11.3 Å². The number of hydrogen-bond donors (Lipinski definition) is 0. The first-order valence-corrected chi connectivity index (χ1v) is 12.1. The van der Waals surface area contributed by atoms with E-state index in [1.807, 2.05) is 30.1 Å². The van der Waals surface area contributed by atoms with Crippen LogP contribution in [0, 0.1) is 11.8 Å². The minimum Gasteiger partial charge on any atom is -0.352 e. The molecular weight excluding hydrogens is 380 g/mol. The molecule has 1 amide bonds. The topological polar surface area (TPSA) is 49.3 Å². The molecule has 2 aromatic heterocycles. The molecule has 158 valence electrons. The van der Waals surface area contributed by atoms with E-state index in [4.69, 9.17) is 9.97 Å². The Kier molecular flexibility index (Phi) is 5.83. The van der Waals surface area contributed by atoms with Crippen molar-refractivity contribution in [1.82, 2.24) is 14.9 Å². The molecule has 0 saturated carbocycles. The van der Waals surface area contributed by atoms with Crippen LogP contribution in [0.25, 0.3) is 10.2 Å². The lowest BCUT2D eigenvalue weighted by Gasteiger charge is -2.36. The van der Waals surface area contributed by atoms with Gasteiger partial charge in [-0.05, 0) is 37.2 Å². The first kappa shape index (κ1) is 20.6. The molecule has 5 nitrogen and oxygen atoms in total. The molecule has 0 radical (unpaired) electrons. The normalized spacial score (nSPS) is 21.0. The molecule has 3 heterocycles. The molecule has 4 rings (SSSR count). The molecule has 0 spiro atoms. The summed E-state index contributed by atoms with van der Waals surface area (Å²) in [6.07, 6.45) is 4.61. The molecule has 0 N–H and O–H groups in total. The number of fused-ring (bicyclic) bond motifs is 3. The summed E-state index contributed by atoms with van der Waals surface area (Å²) in [6.45, 7) is 14.0. The van der Waals surface area contributed by atoms with Crippen LogP contribution in [0.3, 0.4) is 0 Å². The van der Waals surface area contributed by atoms with Gasteiger partial charge < -0.3 is 9.80 Å². The summed E-state index contributed by atoms with van der Waals surface area (Å²) in [4.78, 5) is 29.6. The third-order valence-electron chi connectivity index (χ3n) is 6.59. The summed E-state index contributed by atoms with van der Waals surface area (Å²) < 4.78 is 0. The van der Waals surface area contributed by atoms with Gasteiger partial charge >= 0.3 is 0 Å². The number of thiophene rings is 1. The largest absolute Gasteiger partial charge is 0.352 e. The Balaban J connectivity index is 1.71. The summed E-state index contributed by atoms with van der Waals surface area (Å²) in [5.41, 5.74) is 1.49. The number of nitrogens with zero attached hydrogens (tertiary/aromatic N) is 4. The summed E-state index contributed by atoms with van der Waals surface area (Å²) >= 11 is 1.89. The maximum Gasteiger partial charge on any atom is 0.225 e. The fraction of sp³-hybridized carbons (Fsp3) is 0.696. The molecule has 2 aliphatic rings. The minimum atomic E-state index is 0.0650. The standard InChI is InChI=1S/C23H34N4OS/c1-6-16(5)20-24-21(26-9-11-27(12-10-26)23(28)14(2)3)19-17-8-7-15(4)13-18(17)29-22(19)25-20/h14-16H,6-13H2,1-5H3. The van der Waals surface area contributed by atoms with Crippen LogP contribution in [-0.4, -0.2) is 47.0 Å². The molecule has 1 saturated heterocycles. The molecule has 2 atom stereocenters. The van der Waals surface area contributed by atoms with E-state index in [1.54, 1.807) is 0 Å². The maximum absolute atomic E-state index is 12.4. The van der Waals surface area contributed by atoms with Gasteiger partial charge in [0.15, 0.2) is 0 Å². The number of carbonyl (C=O) groups excluding carboxylic acids is 1. The highest BCUT2D eigenvalue weighted by Crippen LogP contribution is 2.41. The number of amides is 1. The summed E-state index contributed by atoms with van der Waals surface area (Å²) in [5.74, 6) is 3.54. The van der Waals surface area contributed by atoms with Gasteiger partial charge in [-0.2, -0.15) is 0 Å². The molecule has 6 heteroatoms. The van der Waals surface area contributed by atoms with E-state index in [9.17, 15) is 4.79 Å². The lowest BCUT2D eigenvalue weighted by atomic mass is 9.89. The predicted molar refractivity (Wildman–Crippen MR) is 121 cm³/mol. The zero-order valence-electron chi connectivity index (χ0n) is 18.5. The second-order valence-corrected chi connectivity index (χ2v) is 10.3. The summed E-state index contributed by atoms with van der Waals surface area (Å²) in [5, 5.41) is 1.30. The van der Waals surface area contributed by atoms with Crippen LogP contribution >= 0.6 is 11.3 Å². The molecule has 1 aliphatic heterocycles. The monoisotopic (exact) mass is 414 g/mol. The Morgan fingerprint density at radius 2 is 1.90 bits per heavy atom. The van der Waals surface area contributed by atoms with Crippen molar-refractivity contribution in [1.29, 1.82) is 0 Å². The number of aryl methyl sites for hydroxylation is 1. The van der Waals surface area contributed by atoms with Crippen molar-refractivity contribution in [3.63, 3.8) is 0 Å². The number of hydrogen-bond acceptors (Lipinski definition) is 5. The van der Waals surface area contributed by atoms with Crippen molar-refractivity contribution >= 4 is 33.3 Å². The highest BCUT2D eigenvalue weighted by molar-refractivity contribution is 7.19. The Bertz CT molecular complexity index is 898. The van der Waals surface area contributed by atoms with E-state index >= 15 is 0 Å². The van der Waals surface area contributed by atoms with Gasteiger partial charge in [-0.1, -0.05) is 34.6 Å². The summed E-state index contributed by atoms with van der Waals surface area (Å²) in [6, 6.07) is 0. The zero-order chi connectivity index (χ0) is 20.7. The Hall–Kier alpha value is -1.69. The van der Waals surface area contributed by atoms with E-state index in [0.717, 1.165) is 56.6 Å². The fourth-order valence-electron chi connectivity index (χ4n) is 4.47. The molecule has 0 bridgehead atoms. The molecule has 29 heavy (non-hydrogen) atoms. The van der Waals surface area contributed by atoms with Crippen molar-refractivity contribution in [2.24, 2.45) is 11.8 Å². The van der Waals surface area contributed by atoms with Gasteiger partial charge in [0.1, 0.15) is 16.5 Å². The molecule has 1 fully saturated rings. The number of piperazine rings is 1. The Morgan fingerprint density at radius 1 is 1.17 bits per heavy atom. The van der Waals surface area contributed by atoms with Gasteiger partial charge in [0.2, 0.25) is 5.91 Å². The smallest absolute Gasteiger partial charge is 0.225 e. The van der Waals surface area contributed by atoms with Crippen molar-refractivity contribution in [3.8, 4) is 0 Å². The fourth-order valence-corrected chi connectivity index (χ4v) is 5.86. The van der Waals surface area contributed by atoms with Gasteiger partial charge in [-0.25, -0.2) is 9.97 Å². The van der Waals surface area contributed by atoms with Gasteiger partial charge in [0.25, 0.3) is 0 Å². The average Bonchev–Trinajstić information content (AvgIpc) is 3.09. The first-order valence-electron chi connectivity index (χ1n) is 11.2. The Morgan fingerprint density at radius 3 is 2.55 bits per heavy atom. The van der Waals surface area contributed by atoms with Gasteiger partial charge in [0.05, 0.1) is 5.39 Å². The molecule has 0 aromatic carbocycles. The third kappa shape index (κ3) is 3.88. The van der Waals surface area contributed by atoms with Crippen molar-refractivity contribution in [2.75, 3.05) is 31.1 Å². The quantitative estimate of drug-likeness (QED) is 0.732. The van der Waals surface area contributed by atoms with E-state index in [0.29, 0.717) is 5.92 Å². The average molecular weight is 415 g/mol. The lowest BCUT2D eigenvalue weighted by Crippen LogP contribution is -2.50. The summed E-state index contributed by atoms with van der Waals surface area (Å²) in [7, 11) is 0. The van der Waals surface area contributed by atoms with E-state index in [1.165, 1.54) is 33.5 Å². The van der Waals surface area contributed by atoms with E-state index in [-0.39, 0.29) is 11.8 Å². The lowest BCUT2D eigenvalue weighted by molar-refractivity contribution is -0.134. The zero-order valence-corrected chi connectivity index (χ0v) is 19.3. The molecular formula is C23H34N4OS. The van der Waals surface area contributed by atoms with Crippen molar-refractivity contribution < 1.29 is 4.79 Å².